The van der Waals surface area contributed by atoms with Gasteiger partial charge < -0.3 is 9.13 Å². The fourth-order valence-corrected chi connectivity index (χ4v) is 23.8. The minimum Gasteiger partial charge on any atom is -0.308 e. The molecule has 0 unspecified atom stereocenters. The van der Waals surface area contributed by atoms with Gasteiger partial charge in [-0.2, -0.15) is 10.5 Å². The Morgan fingerprint density at radius 1 is 0.270 bits per heavy atom. The lowest BCUT2D eigenvalue weighted by Crippen LogP contribution is -2.72. The predicted molar refractivity (Wildman–Crippen MR) is 310 cm³/mol. The third-order valence-corrected chi connectivity index (χ3v) is 26.1. The highest BCUT2D eigenvalue weighted by Gasteiger charge is 2.50. The third kappa shape index (κ3) is 5.53. The lowest BCUT2D eigenvalue weighted by molar-refractivity contribution is 1.12. The highest BCUT2D eigenvalue weighted by molar-refractivity contribution is 7.23. The van der Waals surface area contributed by atoms with Gasteiger partial charge in [0.25, 0.3) is 0 Å². The smallest absolute Gasteiger partial charge is 0.180 e. The molecule has 4 heterocycles. The molecule has 2 aliphatic rings. The molecule has 6 heteroatoms. The molecule has 2 aromatic heterocycles. The first-order valence-corrected chi connectivity index (χ1v) is 29.2. The summed E-state index contributed by atoms with van der Waals surface area (Å²) in [5, 5.41) is 37.8. The Kier molecular flexibility index (Phi) is 9.09. The predicted octanol–water partition coefficient (Wildman–Crippen LogP) is 10.3. The highest BCUT2D eigenvalue weighted by atomic mass is 28.3. The number of benzene rings is 11. The fraction of sp³-hybridized carbons (Fsp3) is 0. The molecule has 0 bridgehead atoms. The number of hydrogen-bond donors (Lipinski definition) is 0. The van der Waals surface area contributed by atoms with E-state index >= 15 is 0 Å². The fourth-order valence-electron chi connectivity index (χ4n) is 13.5. The van der Waals surface area contributed by atoms with Gasteiger partial charge in [-0.05, 0) is 100 Å². The van der Waals surface area contributed by atoms with Crippen molar-refractivity contribution in [3.05, 3.63) is 266 Å². The van der Waals surface area contributed by atoms with Gasteiger partial charge >= 0.3 is 0 Å². The van der Waals surface area contributed by atoms with Gasteiger partial charge in [0, 0.05) is 21.5 Å². The van der Waals surface area contributed by atoms with Gasteiger partial charge in [0.05, 0.1) is 44.6 Å². The molecule has 2 aliphatic heterocycles. The van der Waals surface area contributed by atoms with Crippen molar-refractivity contribution in [1.82, 2.24) is 9.13 Å². The lowest BCUT2D eigenvalue weighted by Gasteiger charge is -2.31. The number of aromatic nitrogens is 2. The van der Waals surface area contributed by atoms with Crippen LogP contribution in [0.3, 0.4) is 0 Å². The van der Waals surface area contributed by atoms with E-state index in [0.717, 1.165) is 55.0 Å². The first-order chi connectivity index (χ1) is 36.6. The van der Waals surface area contributed by atoms with Crippen LogP contribution in [0.4, 0.5) is 0 Å². The second-order valence-corrected chi connectivity index (χ2v) is 27.2. The zero-order chi connectivity index (χ0) is 49.1. The molecule has 4 nitrogen and oxygen atoms in total. The van der Waals surface area contributed by atoms with Crippen LogP contribution in [0.2, 0.25) is 0 Å². The van der Waals surface area contributed by atoms with Crippen LogP contribution in [0.1, 0.15) is 11.1 Å². The monoisotopic (exact) mass is 970 g/mol. The van der Waals surface area contributed by atoms with Crippen LogP contribution in [0.15, 0.2) is 255 Å². The summed E-state index contributed by atoms with van der Waals surface area (Å²) in [5.41, 5.74) is 11.3. The molecular weight excluding hydrogens is 929 g/mol. The van der Waals surface area contributed by atoms with E-state index in [1.54, 1.807) is 0 Å². The van der Waals surface area contributed by atoms with Crippen LogP contribution < -0.4 is 41.5 Å². The average Bonchev–Trinajstić information content (AvgIpc) is 4.18. The van der Waals surface area contributed by atoms with E-state index in [2.05, 4.69) is 270 Å². The van der Waals surface area contributed by atoms with Gasteiger partial charge in [-0.25, -0.2) is 0 Å². The summed E-state index contributed by atoms with van der Waals surface area (Å²) in [6.45, 7) is 0. The molecule has 74 heavy (non-hydrogen) atoms. The van der Waals surface area contributed by atoms with E-state index in [1.165, 1.54) is 63.7 Å². The van der Waals surface area contributed by atoms with Gasteiger partial charge in [0.1, 0.15) is 12.1 Å². The summed E-state index contributed by atoms with van der Waals surface area (Å²) < 4.78 is 4.57. The van der Waals surface area contributed by atoms with Crippen molar-refractivity contribution in [2.24, 2.45) is 0 Å². The van der Waals surface area contributed by atoms with Gasteiger partial charge in [-0.1, -0.05) is 218 Å². The van der Waals surface area contributed by atoms with Crippen molar-refractivity contribution in [3.8, 4) is 45.8 Å². The Labute approximate surface area is 430 Å². The molecular formula is C68H42N4Si2. The topological polar surface area (TPSA) is 57.4 Å². The Balaban J connectivity index is 1.02. The first-order valence-electron chi connectivity index (χ1n) is 25.2. The first kappa shape index (κ1) is 42.1. The van der Waals surface area contributed by atoms with Crippen molar-refractivity contribution >= 4 is 101 Å². The molecule has 0 atom stereocenters. The maximum absolute atomic E-state index is 11.2. The molecule has 13 aromatic rings. The summed E-state index contributed by atoms with van der Waals surface area (Å²) in [7, 11) is -5.61. The lowest BCUT2D eigenvalue weighted by atomic mass is 10.0. The molecule has 0 N–H and O–H groups in total. The van der Waals surface area contributed by atoms with Crippen LogP contribution in [0, 0.1) is 22.7 Å². The highest BCUT2D eigenvalue weighted by Crippen LogP contribution is 2.42. The number of fused-ring (bicyclic) bond motifs is 12. The van der Waals surface area contributed by atoms with Crippen LogP contribution in [-0.4, -0.2) is 25.3 Å². The summed E-state index contributed by atoms with van der Waals surface area (Å²) in [6.07, 6.45) is 0. The zero-order valence-corrected chi connectivity index (χ0v) is 42.0. The van der Waals surface area contributed by atoms with Crippen molar-refractivity contribution in [1.29, 1.82) is 10.5 Å². The minimum atomic E-state index is -2.80. The maximum atomic E-state index is 11.2. The van der Waals surface area contributed by atoms with E-state index in [1.807, 2.05) is 6.07 Å². The van der Waals surface area contributed by atoms with E-state index in [-0.39, 0.29) is 0 Å². The number of nitriles is 2. The second kappa shape index (κ2) is 16.0. The maximum Gasteiger partial charge on any atom is 0.180 e. The van der Waals surface area contributed by atoms with Crippen LogP contribution >= 0.6 is 0 Å². The molecule has 11 aromatic carbocycles. The Hall–Kier alpha value is -9.57. The Morgan fingerprint density at radius 2 is 0.608 bits per heavy atom. The third-order valence-electron chi connectivity index (χ3n) is 16.3. The second-order valence-electron chi connectivity index (χ2n) is 19.7. The standard InChI is InChI=1S/C68H42N4Si2/c69-43-45-37-46(44-70)62(72-60-34-18-14-30-52(60)56-41-68-58(39-64(56)72)54-32-16-20-36-66(54)74(68,49-25-9-3-10-26-49)50-27-11-4-12-28-50)42-61(45)71-59-33-17-13-29-51(59)55-40-67-57(38-63(55)71)53-31-15-19-35-65(53)73(67,47-21-5-1-6-22-47)48-23-7-2-8-24-48/h1-42H. The SMILES string of the molecule is N#Cc1cc(C#N)c(-n2c3ccccc3c3cc4c(cc32)-c2ccccc2[Si]4(c2ccccc2)c2ccccc2)cc1-n1c2ccccc2c2cc3c(cc21)-c1ccccc1[Si]3(c1ccccc1)c1ccccc1. The summed E-state index contributed by atoms with van der Waals surface area (Å²) in [5.74, 6) is 0. The number of para-hydroxylation sites is 2. The summed E-state index contributed by atoms with van der Waals surface area (Å²) >= 11 is 0. The van der Waals surface area contributed by atoms with E-state index in [0.29, 0.717) is 11.1 Å². The van der Waals surface area contributed by atoms with Crippen molar-refractivity contribution in [2.75, 3.05) is 0 Å². The summed E-state index contributed by atoms with van der Waals surface area (Å²) in [4.78, 5) is 0. The molecule has 0 amide bonds. The van der Waals surface area contributed by atoms with E-state index < -0.39 is 16.1 Å². The largest absolute Gasteiger partial charge is 0.308 e. The van der Waals surface area contributed by atoms with Crippen LogP contribution in [0.25, 0.3) is 77.2 Å². The van der Waals surface area contributed by atoms with Gasteiger partial charge in [-0.15, -0.1) is 0 Å². The van der Waals surface area contributed by atoms with Crippen molar-refractivity contribution in [3.63, 3.8) is 0 Å². The molecule has 0 radical (unpaired) electrons. The van der Waals surface area contributed by atoms with Crippen molar-refractivity contribution in [2.45, 2.75) is 0 Å². The molecule has 0 spiro atoms. The normalized spacial score (nSPS) is 13.6. The Bertz CT molecular complexity index is 4190. The van der Waals surface area contributed by atoms with Crippen LogP contribution in [0.5, 0.6) is 0 Å². The van der Waals surface area contributed by atoms with Crippen LogP contribution in [-0.2, 0) is 0 Å². The number of rotatable bonds is 6. The Morgan fingerprint density at radius 3 is 0.986 bits per heavy atom. The average molecular weight is 971 g/mol. The quantitative estimate of drug-likeness (QED) is 0.156. The minimum absolute atomic E-state index is 0.434. The molecule has 342 valence electrons. The molecule has 0 saturated heterocycles. The molecule has 0 saturated carbocycles. The molecule has 0 aliphatic carbocycles. The van der Waals surface area contributed by atoms with E-state index in [4.69, 9.17) is 0 Å². The van der Waals surface area contributed by atoms with E-state index in [9.17, 15) is 10.5 Å². The molecule has 15 rings (SSSR count). The number of nitrogens with zero attached hydrogens (tertiary/aromatic N) is 4. The zero-order valence-electron chi connectivity index (χ0n) is 40.0. The number of hydrogen-bond acceptors (Lipinski definition) is 2. The van der Waals surface area contributed by atoms with Gasteiger partial charge in [-0.3, -0.25) is 0 Å². The van der Waals surface area contributed by atoms with Gasteiger partial charge in [0.15, 0.2) is 16.1 Å². The van der Waals surface area contributed by atoms with Crippen molar-refractivity contribution < 1.29 is 0 Å². The van der Waals surface area contributed by atoms with Gasteiger partial charge in [0.2, 0.25) is 0 Å². The molecule has 0 fully saturated rings. The summed E-state index contributed by atoms with van der Waals surface area (Å²) in [6, 6.07) is 98.4.